The lowest BCUT2D eigenvalue weighted by atomic mass is 9.82. The van der Waals surface area contributed by atoms with Crippen molar-refractivity contribution in [3.8, 4) is 11.5 Å². The number of hydrogen-bond donors (Lipinski definition) is 2. The number of nitrogens with two attached hydrogens (primary N) is 1. The Morgan fingerprint density at radius 2 is 1.81 bits per heavy atom. The third-order valence-electron chi connectivity index (χ3n) is 4.08. The Labute approximate surface area is 124 Å². The number of carbonyl (C=O) groups excluding carboxylic acids is 1. The molecule has 116 valence electrons. The quantitative estimate of drug-likeness (QED) is 0.813. The molecular weight excluding hydrogens is 272 g/mol. The number of nitrogens with zero attached hydrogens (tertiary/aromatic N) is 1. The van der Waals surface area contributed by atoms with E-state index in [4.69, 9.17) is 15.2 Å². The normalized spacial score (nSPS) is 16.6. The van der Waals surface area contributed by atoms with Crippen LogP contribution in [-0.4, -0.2) is 48.8 Å². The summed E-state index contributed by atoms with van der Waals surface area (Å²) in [5, 5.41) is 10.2. The Kier molecular flexibility index (Phi) is 4.00. The van der Waals surface area contributed by atoms with E-state index in [1.165, 1.54) is 14.2 Å². The van der Waals surface area contributed by atoms with Gasteiger partial charge in [-0.25, -0.2) is 0 Å². The molecule has 0 saturated carbocycles. The molecule has 0 radical (unpaired) electrons. The van der Waals surface area contributed by atoms with E-state index in [-0.39, 0.29) is 11.8 Å². The van der Waals surface area contributed by atoms with E-state index in [2.05, 4.69) is 0 Å². The number of anilines is 1. The minimum absolute atomic E-state index is 0.101. The van der Waals surface area contributed by atoms with Gasteiger partial charge in [0.05, 0.1) is 32.9 Å². The molecule has 1 fully saturated rings. The lowest BCUT2D eigenvalue weighted by Gasteiger charge is -2.49. The van der Waals surface area contributed by atoms with E-state index < -0.39 is 5.60 Å². The van der Waals surface area contributed by atoms with E-state index in [9.17, 15) is 9.90 Å². The molecule has 2 rings (SSSR count). The second-order valence-electron chi connectivity index (χ2n) is 5.71. The van der Waals surface area contributed by atoms with E-state index in [0.29, 0.717) is 35.8 Å². The molecule has 1 aromatic carbocycles. The van der Waals surface area contributed by atoms with Crippen LogP contribution < -0.4 is 15.2 Å². The number of ether oxygens (including phenoxy) is 2. The fraction of sp³-hybridized carbons (Fsp3) is 0.533. The molecule has 6 nitrogen and oxygen atoms in total. The van der Waals surface area contributed by atoms with Crippen molar-refractivity contribution in [3.63, 3.8) is 0 Å². The minimum atomic E-state index is -0.805. The first-order chi connectivity index (χ1) is 9.82. The summed E-state index contributed by atoms with van der Waals surface area (Å²) in [5.74, 6) is 0.826. The Morgan fingerprint density at radius 3 is 2.29 bits per heavy atom. The van der Waals surface area contributed by atoms with Crippen molar-refractivity contribution in [2.75, 3.05) is 33.0 Å². The molecule has 21 heavy (non-hydrogen) atoms. The number of β-amino-alcohol motifs (C(OH)–C–C–N with tert-alkyl or cyclic N) is 1. The van der Waals surface area contributed by atoms with Crippen LogP contribution >= 0.6 is 0 Å². The average molecular weight is 294 g/mol. The highest BCUT2D eigenvalue weighted by atomic mass is 16.5. The van der Waals surface area contributed by atoms with Gasteiger partial charge in [-0.3, -0.25) is 4.79 Å². The van der Waals surface area contributed by atoms with E-state index in [0.717, 1.165) is 0 Å². The minimum Gasteiger partial charge on any atom is -0.493 e. The Hall–Kier alpha value is -1.95. The summed E-state index contributed by atoms with van der Waals surface area (Å²) in [6.07, 6.45) is 0. The van der Waals surface area contributed by atoms with Crippen molar-refractivity contribution in [3.05, 3.63) is 17.7 Å². The smallest absolute Gasteiger partial charge is 0.256 e. The van der Waals surface area contributed by atoms with Crippen LogP contribution in [0.15, 0.2) is 12.1 Å². The predicted molar refractivity (Wildman–Crippen MR) is 79.6 cm³/mol. The summed E-state index contributed by atoms with van der Waals surface area (Å²) < 4.78 is 10.3. The Balaban J connectivity index is 2.21. The van der Waals surface area contributed by atoms with E-state index >= 15 is 0 Å². The zero-order valence-corrected chi connectivity index (χ0v) is 12.8. The number of carbonyl (C=O) groups is 1. The molecule has 0 aromatic heterocycles. The predicted octanol–water partition coefficient (Wildman–Crippen LogP) is 1.13. The highest BCUT2D eigenvalue weighted by Gasteiger charge is 2.46. The fourth-order valence-electron chi connectivity index (χ4n) is 2.37. The highest BCUT2D eigenvalue weighted by molar-refractivity contribution is 6.00. The van der Waals surface area contributed by atoms with Crippen molar-refractivity contribution in [2.24, 2.45) is 5.92 Å². The van der Waals surface area contributed by atoms with Gasteiger partial charge in [-0.15, -0.1) is 0 Å². The lowest BCUT2D eigenvalue weighted by molar-refractivity contribution is -0.110. The zero-order chi connectivity index (χ0) is 15.8. The van der Waals surface area contributed by atoms with Gasteiger partial charge < -0.3 is 25.2 Å². The molecule has 3 N–H and O–H groups in total. The van der Waals surface area contributed by atoms with Gasteiger partial charge in [0.1, 0.15) is 5.60 Å². The summed E-state index contributed by atoms with van der Waals surface area (Å²) in [6.45, 7) is 4.51. The number of hydrogen-bond acceptors (Lipinski definition) is 5. The standard InChI is InChI=1S/C15H22N2O4/c1-9(2)15(19)7-17(8-15)14(18)10-5-12(20-3)13(21-4)6-11(10)16/h5-6,9,19H,7-8,16H2,1-4H3. The first-order valence-corrected chi connectivity index (χ1v) is 6.85. The molecule has 0 spiro atoms. The number of rotatable bonds is 4. The van der Waals surface area contributed by atoms with Gasteiger partial charge in [0, 0.05) is 11.8 Å². The van der Waals surface area contributed by atoms with E-state index in [1.807, 2.05) is 13.8 Å². The monoisotopic (exact) mass is 294 g/mol. The molecule has 1 aliphatic rings. The number of benzene rings is 1. The highest BCUT2D eigenvalue weighted by Crippen LogP contribution is 2.35. The van der Waals surface area contributed by atoms with Gasteiger partial charge in [-0.2, -0.15) is 0 Å². The molecule has 0 atom stereocenters. The molecule has 0 aliphatic carbocycles. The van der Waals surface area contributed by atoms with Crippen LogP contribution in [0.3, 0.4) is 0 Å². The van der Waals surface area contributed by atoms with Crippen LogP contribution in [0, 0.1) is 5.92 Å². The molecule has 1 aromatic rings. The number of nitrogen functional groups attached to an aromatic ring is 1. The maximum atomic E-state index is 12.5. The van der Waals surface area contributed by atoms with Crippen LogP contribution in [0.2, 0.25) is 0 Å². The van der Waals surface area contributed by atoms with Crippen LogP contribution in [-0.2, 0) is 0 Å². The maximum Gasteiger partial charge on any atom is 0.256 e. The van der Waals surface area contributed by atoms with Crippen molar-refractivity contribution < 1.29 is 19.4 Å². The summed E-state index contributed by atoms with van der Waals surface area (Å²) >= 11 is 0. The summed E-state index contributed by atoms with van der Waals surface area (Å²) in [6, 6.07) is 3.14. The molecule has 0 bridgehead atoms. The van der Waals surface area contributed by atoms with Crippen LogP contribution in [0.5, 0.6) is 11.5 Å². The molecular formula is C15H22N2O4. The van der Waals surface area contributed by atoms with Gasteiger partial charge in [0.25, 0.3) is 5.91 Å². The van der Waals surface area contributed by atoms with Gasteiger partial charge in [-0.05, 0) is 12.0 Å². The second-order valence-corrected chi connectivity index (χ2v) is 5.71. The average Bonchev–Trinajstić information content (AvgIpc) is 2.42. The van der Waals surface area contributed by atoms with Crippen molar-refractivity contribution in [2.45, 2.75) is 19.4 Å². The van der Waals surface area contributed by atoms with Crippen molar-refractivity contribution >= 4 is 11.6 Å². The molecule has 6 heteroatoms. The van der Waals surface area contributed by atoms with Gasteiger partial charge in [-0.1, -0.05) is 13.8 Å². The first kappa shape index (κ1) is 15.4. The largest absolute Gasteiger partial charge is 0.493 e. The summed E-state index contributed by atoms with van der Waals surface area (Å²) in [7, 11) is 3.01. The van der Waals surface area contributed by atoms with Crippen molar-refractivity contribution in [1.29, 1.82) is 0 Å². The molecule has 1 aliphatic heterocycles. The fourth-order valence-corrected chi connectivity index (χ4v) is 2.37. The summed E-state index contributed by atoms with van der Waals surface area (Å²) in [4.78, 5) is 14.0. The van der Waals surface area contributed by atoms with Crippen LogP contribution in [0.1, 0.15) is 24.2 Å². The molecule has 0 unspecified atom stereocenters. The summed E-state index contributed by atoms with van der Waals surface area (Å²) in [5.41, 5.74) is 5.81. The SMILES string of the molecule is COc1cc(N)c(C(=O)N2CC(O)(C(C)C)C2)cc1OC. The van der Waals surface area contributed by atoms with Crippen LogP contribution in [0.4, 0.5) is 5.69 Å². The van der Waals surface area contributed by atoms with Crippen LogP contribution in [0.25, 0.3) is 0 Å². The third-order valence-corrected chi connectivity index (χ3v) is 4.08. The molecule has 1 heterocycles. The van der Waals surface area contributed by atoms with Crippen molar-refractivity contribution in [1.82, 2.24) is 4.90 Å². The number of amides is 1. The topological polar surface area (TPSA) is 85.0 Å². The second kappa shape index (κ2) is 5.44. The van der Waals surface area contributed by atoms with E-state index in [1.54, 1.807) is 17.0 Å². The van der Waals surface area contributed by atoms with Gasteiger partial charge in [0.15, 0.2) is 11.5 Å². The number of likely N-dealkylation sites (tertiary alicyclic amines) is 1. The number of methoxy groups -OCH3 is 2. The maximum absolute atomic E-state index is 12.5. The first-order valence-electron chi connectivity index (χ1n) is 6.85. The Bertz CT molecular complexity index is 551. The molecule has 1 saturated heterocycles. The molecule has 1 amide bonds. The third kappa shape index (κ3) is 2.63. The zero-order valence-electron chi connectivity index (χ0n) is 12.8. The Morgan fingerprint density at radius 1 is 1.29 bits per heavy atom. The number of aliphatic hydroxyl groups is 1. The van der Waals surface area contributed by atoms with Gasteiger partial charge in [0.2, 0.25) is 0 Å². The lowest BCUT2D eigenvalue weighted by Crippen LogP contribution is -2.66. The van der Waals surface area contributed by atoms with Gasteiger partial charge >= 0.3 is 0 Å².